The van der Waals surface area contributed by atoms with Crippen LogP contribution in [0.1, 0.15) is 0 Å². The van der Waals surface area contributed by atoms with E-state index in [1.54, 1.807) is 49.0 Å². The Bertz CT molecular complexity index is 994. The second-order valence-electron chi connectivity index (χ2n) is 6.38. The maximum Gasteiger partial charge on any atom is 0.203 e. The molecule has 1 heterocycles. The van der Waals surface area contributed by atoms with Crippen molar-refractivity contribution in [2.45, 2.75) is 0 Å². The van der Waals surface area contributed by atoms with E-state index in [-0.39, 0.29) is 0 Å². The molecule has 30 heavy (non-hydrogen) atoms. The van der Waals surface area contributed by atoms with Crippen molar-refractivity contribution in [2.24, 2.45) is 7.05 Å². The van der Waals surface area contributed by atoms with Gasteiger partial charge in [-0.2, -0.15) is 0 Å². The lowest BCUT2D eigenvalue weighted by Crippen LogP contribution is -1.99. The van der Waals surface area contributed by atoms with Crippen molar-refractivity contribution in [3.63, 3.8) is 0 Å². The lowest BCUT2D eigenvalue weighted by Gasteiger charge is -2.16. The van der Waals surface area contributed by atoms with Crippen LogP contribution in [-0.2, 0) is 7.05 Å². The summed E-state index contributed by atoms with van der Waals surface area (Å²) < 4.78 is 34.8. The van der Waals surface area contributed by atoms with E-state index < -0.39 is 0 Å². The molecule has 0 bridgehead atoms. The van der Waals surface area contributed by atoms with Crippen molar-refractivity contribution in [3.8, 4) is 57.0 Å². The summed E-state index contributed by atoms with van der Waals surface area (Å²) in [6, 6.07) is 7.51. The number of ether oxygens (including phenoxy) is 6. The highest BCUT2D eigenvalue weighted by molar-refractivity contribution is 5.83. The minimum absolute atomic E-state index is 0.522. The van der Waals surface area contributed by atoms with Crippen LogP contribution in [-0.4, -0.2) is 52.2 Å². The van der Waals surface area contributed by atoms with Crippen LogP contribution in [0.5, 0.6) is 34.5 Å². The van der Waals surface area contributed by atoms with Crippen molar-refractivity contribution in [1.29, 1.82) is 0 Å². The third-order valence-corrected chi connectivity index (χ3v) is 4.81. The molecule has 0 atom stereocenters. The maximum absolute atomic E-state index is 5.51. The minimum Gasteiger partial charge on any atom is -0.493 e. The Hall–Kier alpha value is -3.55. The van der Waals surface area contributed by atoms with Gasteiger partial charge in [0.1, 0.15) is 0 Å². The minimum atomic E-state index is 0.522. The van der Waals surface area contributed by atoms with E-state index in [9.17, 15) is 0 Å². The largest absolute Gasteiger partial charge is 0.493 e. The van der Waals surface area contributed by atoms with E-state index in [0.717, 1.165) is 22.5 Å². The van der Waals surface area contributed by atoms with Gasteiger partial charge in [-0.1, -0.05) is 0 Å². The highest BCUT2D eigenvalue weighted by Crippen LogP contribution is 2.45. The second kappa shape index (κ2) is 8.86. The smallest absolute Gasteiger partial charge is 0.203 e. The summed E-state index contributed by atoms with van der Waals surface area (Å²) in [6.45, 7) is 0. The molecule has 8 heteroatoms. The van der Waals surface area contributed by atoms with Gasteiger partial charge in [-0.05, 0) is 24.3 Å². The SMILES string of the molecule is COc1cc(-c2ncn(C)c2-c2cc(OC)c(OC)c(OC)c2)cc(OC)c1OC. The van der Waals surface area contributed by atoms with Crippen LogP contribution < -0.4 is 28.4 Å². The molecule has 160 valence electrons. The number of rotatable bonds is 8. The predicted molar refractivity (Wildman–Crippen MR) is 113 cm³/mol. The molecular formula is C22H26N2O6. The molecule has 3 aromatic rings. The molecule has 0 aliphatic carbocycles. The molecule has 3 rings (SSSR count). The number of methoxy groups -OCH3 is 6. The van der Waals surface area contributed by atoms with Crippen LogP contribution in [0.2, 0.25) is 0 Å². The van der Waals surface area contributed by atoms with Crippen molar-refractivity contribution < 1.29 is 28.4 Å². The predicted octanol–water partition coefficient (Wildman–Crippen LogP) is 3.81. The average molecular weight is 414 g/mol. The average Bonchev–Trinajstić information content (AvgIpc) is 3.17. The van der Waals surface area contributed by atoms with Crippen molar-refractivity contribution in [2.75, 3.05) is 42.7 Å². The standard InChI is InChI=1S/C22H26N2O6/c1-24-12-23-19(13-8-15(25-2)21(29-6)16(9-13)26-3)20(24)14-10-17(27-4)22(30-7)18(11-14)28-5/h8-12H,1-7H3. The van der Waals surface area contributed by atoms with E-state index in [4.69, 9.17) is 28.4 Å². The van der Waals surface area contributed by atoms with Crippen LogP contribution in [0.4, 0.5) is 0 Å². The fraction of sp³-hybridized carbons (Fsp3) is 0.318. The summed E-state index contributed by atoms with van der Waals surface area (Å²) in [6.07, 6.45) is 1.75. The summed E-state index contributed by atoms with van der Waals surface area (Å²) >= 11 is 0. The number of hydrogen-bond donors (Lipinski definition) is 0. The summed E-state index contributed by atoms with van der Waals surface area (Å²) in [5, 5.41) is 0. The molecule has 0 spiro atoms. The summed E-state index contributed by atoms with van der Waals surface area (Å²) in [4.78, 5) is 4.62. The Morgan fingerprint density at radius 3 is 1.37 bits per heavy atom. The van der Waals surface area contributed by atoms with E-state index >= 15 is 0 Å². The highest BCUT2D eigenvalue weighted by atomic mass is 16.5. The third-order valence-electron chi connectivity index (χ3n) is 4.81. The van der Waals surface area contributed by atoms with Gasteiger partial charge in [0, 0.05) is 18.2 Å². The summed E-state index contributed by atoms with van der Waals surface area (Å²) in [5.41, 5.74) is 3.27. The van der Waals surface area contributed by atoms with Crippen molar-refractivity contribution in [3.05, 3.63) is 30.6 Å². The lowest BCUT2D eigenvalue weighted by atomic mass is 10.0. The number of aryl methyl sites for hydroxylation is 1. The van der Waals surface area contributed by atoms with Gasteiger partial charge in [0.2, 0.25) is 11.5 Å². The molecular weight excluding hydrogens is 388 g/mol. The molecule has 1 aromatic heterocycles. The Morgan fingerprint density at radius 1 is 0.600 bits per heavy atom. The molecule has 0 saturated heterocycles. The zero-order valence-electron chi connectivity index (χ0n) is 18.2. The first kappa shape index (κ1) is 21.2. The lowest BCUT2D eigenvalue weighted by molar-refractivity contribution is 0.324. The molecule has 0 saturated carbocycles. The van der Waals surface area contributed by atoms with E-state index in [2.05, 4.69) is 4.98 Å². The zero-order valence-corrected chi connectivity index (χ0v) is 18.2. The molecule has 0 N–H and O–H groups in total. The Morgan fingerprint density at radius 2 is 1.00 bits per heavy atom. The number of hydrogen-bond acceptors (Lipinski definition) is 7. The van der Waals surface area contributed by atoms with Gasteiger partial charge in [0.25, 0.3) is 0 Å². The van der Waals surface area contributed by atoms with Gasteiger partial charge in [-0.3, -0.25) is 0 Å². The number of benzene rings is 2. The third kappa shape index (κ3) is 3.56. The van der Waals surface area contributed by atoms with Gasteiger partial charge in [-0.25, -0.2) is 4.98 Å². The monoisotopic (exact) mass is 414 g/mol. The molecule has 8 nitrogen and oxygen atoms in total. The molecule has 2 aromatic carbocycles. The Kier molecular flexibility index (Phi) is 6.25. The number of imidazole rings is 1. The first-order valence-corrected chi connectivity index (χ1v) is 9.14. The van der Waals surface area contributed by atoms with Crippen LogP contribution in [0.15, 0.2) is 30.6 Å². The zero-order chi connectivity index (χ0) is 21.8. The van der Waals surface area contributed by atoms with Crippen molar-refractivity contribution in [1.82, 2.24) is 9.55 Å². The van der Waals surface area contributed by atoms with Gasteiger partial charge in [-0.15, -0.1) is 0 Å². The van der Waals surface area contributed by atoms with Gasteiger partial charge < -0.3 is 33.0 Å². The van der Waals surface area contributed by atoms with E-state index in [1.165, 1.54) is 0 Å². The molecule has 0 fully saturated rings. The molecule has 0 amide bonds. The van der Waals surface area contributed by atoms with Crippen LogP contribution in [0, 0.1) is 0 Å². The Labute approximate surface area is 175 Å². The van der Waals surface area contributed by atoms with Gasteiger partial charge >= 0.3 is 0 Å². The fourth-order valence-electron chi connectivity index (χ4n) is 3.42. The van der Waals surface area contributed by atoms with Gasteiger partial charge in [0.05, 0.1) is 60.4 Å². The normalized spacial score (nSPS) is 10.5. The first-order chi connectivity index (χ1) is 14.5. The quantitative estimate of drug-likeness (QED) is 0.555. The maximum atomic E-state index is 5.51. The first-order valence-electron chi connectivity index (χ1n) is 9.14. The molecule has 0 radical (unpaired) electrons. The summed E-state index contributed by atoms with van der Waals surface area (Å²) in [5.74, 6) is 3.27. The van der Waals surface area contributed by atoms with Crippen molar-refractivity contribution >= 4 is 0 Å². The highest BCUT2D eigenvalue weighted by Gasteiger charge is 2.22. The van der Waals surface area contributed by atoms with E-state index in [0.29, 0.717) is 34.5 Å². The fourth-order valence-corrected chi connectivity index (χ4v) is 3.42. The van der Waals surface area contributed by atoms with Crippen LogP contribution in [0.25, 0.3) is 22.5 Å². The van der Waals surface area contributed by atoms with E-state index in [1.807, 2.05) is 35.9 Å². The second-order valence-corrected chi connectivity index (χ2v) is 6.38. The molecule has 0 aliphatic heterocycles. The van der Waals surface area contributed by atoms with Crippen LogP contribution >= 0.6 is 0 Å². The molecule has 0 unspecified atom stereocenters. The van der Waals surface area contributed by atoms with Crippen LogP contribution in [0.3, 0.4) is 0 Å². The topological polar surface area (TPSA) is 73.2 Å². The molecule has 0 aliphatic rings. The number of nitrogens with zero attached hydrogens (tertiary/aromatic N) is 2. The number of aromatic nitrogens is 2. The Balaban J connectivity index is 2.25. The van der Waals surface area contributed by atoms with Gasteiger partial charge in [0.15, 0.2) is 23.0 Å². The summed E-state index contributed by atoms with van der Waals surface area (Å²) in [7, 11) is 11.4.